The SMILES string of the molecule is CCc1cc(C(=O)Nc2ccc(C(=O)O)c(F)c2)sc1C. The first-order valence-corrected chi connectivity index (χ1v) is 7.17. The van der Waals surface area contributed by atoms with E-state index in [0.717, 1.165) is 29.0 Å². The molecule has 6 heteroatoms. The van der Waals surface area contributed by atoms with Crippen LogP contribution in [0.3, 0.4) is 0 Å². The molecule has 0 aliphatic carbocycles. The molecule has 1 amide bonds. The minimum Gasteiger partial charge on any atom is -0.478 e. The van der Waals surface area contributed by atoms with Crippen molar-refractivity contribution in [2.45, 2.75) is 20.3 Å². The smallest absolute Gasteiger partial charge is 0.338 e. The van der Waals surface area contributed by atoms with Crippen LogP contribution in [-0.2, 0) is 6.42 Å². The lowest BCUT2D eigenvalue weighted by molar-refractivity contribution is 0.0692. The van der Waals surface area contributed by atoms with Gasteiger partial charge in [0.1, 0.15) is 5.82 Å². The molecule has 4 nitrogen and oxygen atoms in total. The van der Waals surface area contributed by atoms with Crippen molar-refractivity contribution in [2.24, 2.45) is 0 Å². The standard InChI is InChI=1S/C15H14FNO3S/c1-3-9-6-13(21-8(9)2)14(18)17-10-4-5-11(15(19)20)12(16)7-10/h4-7H,3H2,1-2H3,(H,17,18)(H,19,20). The predicted octanol–water partition coefficient (Wildman–Crippen LogP) is 3.71. The van der Waals surface area contributed by atoms with Crippen molar-refractivity contribution in [1.29, 1.82) is 0 Å². The van der Waals surface area contributed by atoms with E-state index >= 15 is 0 Å². The van der Waals surface area contributed by atoms with E-state index in [4.69, 9.17) is 5.11 Å². The van der Waals surface area contributed by atoms with E-state index in [1.807, 2.05) is 19.9 Å². The minimum absolute atomic E-state index is 0.228. The third-order valence-electron chi connectivity index (χ3n) is 3.08. The number of anilines is 1. The molecule has 1 aromatic carbocycles. The molecule has 0 radical (unpaired) electrons. The van der Waals surface area contributed by atoms with Crippen LogP contribution >= 0.6 is 11.3 Å². The van der Waals surface area contributed by atoms with Crippen molar-refractivity contribution >= 4 is 28.9 Å². The molecule has 0 saturated carbocycles. The highest BCUT2D eigenvalue weighted by molar-refractivity contribution is 7.14. The molecule has 0 unspecified atom stereocenters. The van der Waals surface area contributed by atoms with Crippen molar-refractivity contribution in [3.05, 3.63) is 51.0 Å². The van der Waals surface area contributed by atoms with Crippen molar-refractivity contribution in [2.75, 3.05) is 5.32 Å². The fraction of sp³-hybridized carbons (Fsp3) is 0.200. The van der Waals surface area contributed by atoms with Gasteiger partial charge in [0.25, 0.3) is 5.91 Å². The number of rotatable bonds is 4. The molecule has 0 aliphatic rings. The van der Waals surface area contributed by atoms with Crippen molar-refractivity contribution in [1.82, 2.24) is 0 Å². The number of aryl methyl sites for hydroxylation is 2. The third kappa shape index (κ3) is 3.28. The number of carbonyl (C=O) groups excluding carboxylic acids is 1. The second-order valence-electron chi connectivity index (χ2n) is 4.50. The topological polar surface area (TPSA) is 66.4 Å². The molecule has 2 rings (SSSR count). The maximum atomic E-state index is 13.5. The summed E-state index contributed by atoms with van der Waals surface area (Å²) in [5.74, 6) is -2.55. The van der Waals surface area contributed by atoms with Gasteiger partial charge in [-0.1, -0.05) is 6.92 Å². The van der Waals surface area contributed by atoms with Crippen LogP contribution in [0.1, 0.15) is 37.4 Å². The number of hydrogen-bond donors (Lipinski definition) is 2. The van der Waals surface area contributed by atoms with Gasteiger partial charge in [-0.05, 0) is 43.2 Å². The number of nitrogens with one attached hydrogen (secondary N) is 1. The summed E-state index contributed by atoms with van der Waals surface area (Å²) in [5, 5.41) is 11.3. The molecule has 0 fully saturated rings. The number of halogens is 1. The van der Waals surface area contributed by atoms with E-state index in [0.29, 0.717) is 4.88 Å². The molecule has 0 spiro atoms. The van der Waals surface area contributed by atoms with Gasteiger partial charge in [-0.3, -0.25) is 4.79 Å². The van der Waals surface area contributed by atoms with Crippen LogP contribution in [0.5, 0.6) is 0 Å². The fourth-order valence-electron chi connectivity index (χ4n) is 1.94. The molecule has 1 heterocycles. The van der Waals surface area contributed by atoms with E-state index in [1.165, 1.54) is 17.4 Å². The van der Waals surface area contributed by atoms with Gasteiger partial charge in [-0.15, -0.1) is 11.3 Å². The number of amides is 1. The Bertz CT molecular complexity index is 709. The number of carbonyl (C=O) groups is 2. The third-order valence-corrected chi connectivity index (χ3v) is 4.17. The van der Waals surface area contributed by atoms with E-state index in [2.05, 4.69) is 5.32 Å². The maximum absolute atomic E-state index is 13.5. The summed E-state index contributed by atoms with van der Waals surface area (Å²) in [6.45, 7) is 3.96. The number of thiophene rings is 1. The molecule has 1 aromatic heterocycles. The zero-order valence-electron chi connectivity index (χ0n) is 11.6. The Kier molecular flexibility index (Phi) is 4.37. The summed E-state index contributed by atoms with van der Waals surface area (Å²) >= 11 is 1.38. The molecule has 21 heavy (non-hydrogen) atoms. The summed E-state index contributed by atoms with van der Waals surface area (Å²) < 4.78 is 13.5. The van der Waals surface area contributed by atoms with Crippen LogP contribution in [0.2, 0.25) is 0 Å². The van der Waals surface area contributed by atoms with E-state index < -0.39 is 17.3 Å². The van der Waals surface area contributed by atoms with Gasteiger partial charge < -0.3 is 10.4 Å². The fourth-order valence-corrected chi connectivity index (χ4v) is 2.95. The van der Waals surface area contributed by atoms with Crippen LogP contribution in [0.15, 0.2) is 24.3 Å². The molecule has 2 aromatic rings. The lowest BCUT2D eigenvalue weighted by atomic mass is 10.2. The molecule has 110 valence electrons. The first-order valence-electron chi connectivity index (χ1n) is 6.36. The molecule has 0 aliphatic heterocycles. The molecule has 0 atom stereocenters. The second-order valence-corrected chi connectivity index (χ2v) is 5.76. The minimum atomic E-state index is -1.34. The normalized spacial score (nSPS) is 10.4. The number of aromatic carboxylic acids is 1. The van der Waals surface area contributed by atoms with Crippen molar-refractivity contribution in [3.63, 3.8) is 0 Å². The highest BCUT2D eigenvalue weighted by Crippen LogP contribution is 2.23. The van der Waals surface area contributed by atoms with Gasteiger partial charge in [0.05, 0.1) is 10.4 Å². The van der Waals surface area contributed by atoms with Gasteiger partial charge in [-0.25, -0.2) is 9.18 Å². The van der Waals surface area contributed by atoms with Gasteiger partial charge >= 0.3 is 5.97 Å². The average molecular weight is 307 g/mol. The predicted molar refractivity (Wildman–Crippen MR) is 79.7 cm³/mol. The number of carboxylic acid groups (broad SMARTS) is 1. The van der Waals surface area contributed by atoms with Crippen LogP contribution < -0.4 is 5.32 Å². The Labute approximate surface area is 125 Å². The Morgan fingerprint density at radius 2 is 2.05 bits per heavy atom. The van der Waals surface area contributed by atoms with E-state index in [9.17, 15) is 14.0 Å². The van der Waals surface area contributed by atoms with Crippen molar-refractivity contribution in [3.8, 4) is 0 Å². The van der Waals surface area contributed by atoms with Crippen LogP contribution in [0.4, 0.5) is 10.1 Å². The Morgan fingerprint density at radius 3 is 2.57 bits per heavy atom. The van der Waals surface area contributed by atoms with Crippen LogP contribution in [0.25, 0.3) is 0 Å². The monoisotopic (exact) mass is 307 g/mol. The zero-order valence-corrected chi connectivity index (χ0v) is 12.4. The number of benzene rings is 1. The number of hydrogen-bond acceptors (Lipinski definition) is 3. The Balaban J connectivity index is 2.19. The summed E-state index contributed by atoms with van der Waals surface area (Å²) in [6.07, 6.45) is 0.845. The maximum Gasteiger partial charge on any atom is 0.338 e. The van der Waals surface area contributed by atoms with Crippen LogP contribution in [-0.4, -0.2) is 17.0 Å². The molecular formula is C15H14FNO3S. The summed E-state index contributed by atoms with van der Waals surface area (Å²) in [6, 6.07) is 5.32. The lowest BCUT2D eigenvalue weighted by Gasteiger charge is -2.05. The number of carboxylic acids is 1. The van der Waals surface area contributed by atoms with Crippen LogP contribution in [0, 0.1) is 12.7 Å². The van der Waals surface area contributed by atoms with Gasteiger partial charge in [0.2, 0.25) is 0 Å². The zero-order chi connectivity index (χ0) is 15.6. The average Bonchev–Trinajstić information content (AvgIpc) is 2.79. The first kappa shape index (κ1) is 15.2. The van der Waals surface area contributed by atoms with Crippen molar-refractivity contribution < 1.29 is 19.1 Å². The summed E-state index contributed by atoms with van der Waals surface area (Å²) in [5.41, 5.74) is 0.914. The van der Waals surface area contributed by atoms with Gasteiger partial charge in [0.15, 0.2) is 0 Å². The largest absolute Gasteiger partial charge is 0.478 e. The molecular weight excluding hydrogens is 293 g/mol. The highest BCUT2D eigenvalue weighted by atomic mass is 32.1. The quantitative estimate of drug-likeness (QED) is 0.905. The Morgan fingerprint density at radius 1 is 1.33 bits per heavy atom. The van der Waals surface area contributed by atoms with Gasteiger partial charge in [-0.2, -0.15) is 0 Å². The molecule has 2 N–H and O–H groups in total. The lowest BCUT2D eigenvalue weighted by Crippen LogP contribution is -2.11. The highest BCUT2D eigenvalue weighted by Gasteiger charge is 2.14. The summed E-state index contributed by atoms with van der Waals surface area (Å²) in [7, 11) is 0. The first-order chi connectivity index (χ1) is 9.92. The molecule has 0 bridgehead atoms. The van der Waals surface area contributed by atoms with E-state index in [-0.39, 0.29) is 11.6 Å². The molecule has 0 saturated heterocycles. The van der Waals surface area contributed by atoms with E-state index in [1.54, 1.807) is 0 Å². The summed E-state index contributed by atoms with van der Waals surface area (Å²) in [4.78, 5) is 24.4. The second kappa shape index (κ2) is 6.05. The van der Waals surface area contributed by atoms with Gasteiger partial charge in [0, 0.05) is 10.6 Å². The Hall–Kier alpha value is -2.21.